The topological polar surface area (TPSA) is 87.7 Å². The predicted octanol–water partition coefficient (Wildman–Crippen LogP) is 4.18. The monoisotopic (exact) mass is 437 g/mol. The van der Waals surface area contributed by atoms with Crippen molar-refractivity contribution in [1.82, 2.24) is 10.2 Å². The maximum atomic E-state index is 13.2. The molecule has 1 aliphatic rings. The van der Waals surface area contributed by atoms with Gasteiger partial charge in [-0.3, -0.25) is 14.5 Å². The normalized spacial score (nSPS) is 17.9. The van der Waals surface area contributed by atoms with Crippen molar-refractivity contribution in [2.24, 2.45) is 5.92 Å². The molecular formula is C25H31N3O4. The first-order chi connectivity index (χ1) is 15.2. The highest BCUT2D eigenvalue weighted by molar-refractivity contribution is 5.90. The van der Waals surface area contributed by atoms with Gasteiger partial charge in [0.25, 0.3) is 0 Å². The van der Waals surface area contributed by atoms with E-state index < -0.39 is 18.2 Å². The Labute approximate surface area is 189 Å². The average molecular weight is 438 g/mol. The molecule has 32 heavy (non-hydrogen) atoms. The molecule has 3 amide bonds. The van der Waals surface area contributed by atoms with Gasteiger partial charge in [-0.1, -0.05) is 55.8 Å². The van der Waals surface area contributed by atoms with Crippen LogP contribution in [-0.2, 0) is 20.9 Å². The molecule has 2 aromatic rings. The van der Waals surface area contributed by atoms with Crippen molar-refractivity contribution in [3.63, 3.8) is 0 Å². The highest BCUT2D eigenvalue weighted by Crippen LogP contribution is 2.34. The lowest BCUT2D eigenvalue weighted by Crippen LogP contribution is -2.46. The quantitative estimate of drug-likeness (QED) is 0.649. The van der Waals surface area contributed by atoms with Crippen LogP contribution >= 0.6 is 0 Å². The highest BCUT2D eigenvalue weighted by Gasteiger charge is 2.46. The first-order valence-electron chi connectivity index (χ1n) is 10.9. The number of anilines is 1. The molecule has 0 saturated carbocycles. The zero-order valence-electron chi connectivity index (χ0n) is 19.1. The molecule has 7 nitrogen and oxygen atoms in total. The molecule has 0 aromatic heterocycles. The number of nitrogens with one attached hydrogen (secondary N) is 2. The van der Waals surface area contributed by atoms with E-state index in [2.05, 4.69) is 24.5 Å². The lowest BCUT2D eigenvalue weighted by atomic mass is 10.00. The molecule has 1 fully saturated rings. The number of carbonyl (C=O) groups is 3. The lowest BCUT2D eigenvalue weighted by Gasteiger charge is -2.24. The first kappa shape index (κ1) is 23.3. The second kappa shape index (κ2) is 10.3. The van der Waals surface area contributed by atoms with Gasteiger partial charge in [0, 0.05) is 19.2 Å². The minimum absolute atomic E-state index is 0.170. The standard InChI is InChI=1S/C25H31N3O4/c1-16(2)13-14-26-24(30)22-23(20-9-11-21(12-10-20)27-18(4)29)32-25(31)28(22)15-19-7-5-17(3)6-8-19/h5-12,16,22-23H,13-15H2,1-4H3,(H,26,30)(H,27,29)/t22-,23-/m1/s1. The molecular weight excluding hydrogens is 406 g/mol. The fourth-order valence-electron chi connectivity index (χ4n) is 3.65. The number of hydrogen-bond acceptors (Lipinski definition) is 4. The van der Waals surface area contributed by atoms with Crippen molar-refractivity contribution in [3.05, 3.63) is 65.2 Å². The third-order valence-corrected chi connectivity index (χ3v) is 5.41. The van der Waals surface area contributed by atoms with E-state index in [4.69, 9.17) is 4.74 Å². The smallest absolute Gasteiger partial charge is 0.411 e. The number of hydrogen-bond donors (Lipinski definition) is 2. The summed E-state index contributed by atoms with van der Waals surface area (Å²) in [6.45, 7) is 8.44. The van der Waals surface area contributed by atoms with Gasteiger partial charge in [-0.05, 0) is 42.5 Å². The largest absolute Gasteiger partial charge is 0.438 e. The first-order valence-corrected chi connectivity index (χ1v) is 10.9. The number of benzene rings is 2. The van der Waals surface area contributed by atoms with Crippen molar-refractivity contribution in [2.75, 3.05) is 11.9 Å². The van der Waals surface area contributed by atoms with Gasteiger partial charge in [-0.25, -0.2) is 4.79 Å². The van der Waals surface area contributed by atoms with Gasteiger partial charge in [-0.15, -0.1) is 0 Å². The summed E-state index contributed by atoms with van der Waals surface area (Å²) in [4.78, 5) is 38.8. The number of nitrogens with zero attached hydrogens (tertiary/aromatic N) is 1. The molecule has 0 spiro atoms. The van der Waals surface area contributed by atoms with E-state index in [0.717, 1.165) is 17.5 Å². The molecule has 1 aliphatic heterocycles. The molecule has 0 unspecified atom stereocenters. The zero-order valence-corrected chi connectivity index (χ0v) is 19.1. The van der Waals surface area contributed by atoms with Gasteiger partial charge >= 0.3 is 6.09 Å². The number of rotatable bonds is 8. The van der Waals surface area contributed by atoms with Gasteiger partial charge in [0.2, 0.25) is 11.8 Å². The average Bonchev–Trinajstić information content (AvgIpc) is 3.05. The Morgan fingerprint density at radius 1 is 1.06 bits per heavy atom. The number of cyclic esters (lactones) is 1. The van der Waals surface area contributed by atoms with Crippen molar-refractivity contribution in [3.8, 4) is 0 Å². The molecule has 3 rings (SSSR count). The van der Waals surface area contributed by atoms with Crippen LogP contribution < -0.4 is 10.6 Å². The third-order valence-electron chi connectivity index (χ3n) is 5.41. The van der Waals surface area contributed by atoms with E-state index >= 15 is 0 Å². The van der Waals surface area contributed by atoms with Crippen molar-refractivity contribution >= 4 is 23.6 Å². The molecule has 170 valence electrons. The highest BCUT2D eigenvalue weighted by atomic mass is 16.6. The zero-order chi connectivity index (χ0) is 23.3. The minimum atomic E-state index is -0.789. The maximum Gasteiger partial charge on any atom is 0.411 e. The van der Waals surface area contributed by atoms with Crippen LogP contribution in [0.1, 0.15) is 50.0 Å². The predicted molar refractivity (Wildman–Crippen MR) is 123 cm³/mol. The Morgan fingerprint density at radius 2 is 1.72 bits per heavy atom. The second-order valence-corrected chi connectivity index (χ2v) is 8.64. The number of carbonyl (C=O) groups excluding carboxylic acids is 3. The van der Waals surface area contributed by atoms with Crippen LogP contribution in [0, 0.1) is 12.8 Å². The van der Waals surface area contributed by atoms with Gasteiger partial charge in [-0.2, -0.15) is 0 Å². The number of ether oxygens (including phenoxy) is 1. The molecule has 1 saturated heterocycles. The summed E-state index contributed by atoms with van der Waals surface area (Å²) >= 11 is 0. The number of aryl methyl sites for hydroxylation is 1. The van der Waals surface area contributed by atoms with E-state index in [1.807, 2.05) is 31.2 Å². The van der Waals surface area contributed by atoms with Gasteiger partial charge in [0.15, 0.2) is 12.1 Å². The van der Waals surface area contributed by atoms with E-state index in [9.17, 15) is 14.4 Å². The minimum Gasteiger partial charge on any atom is -0.438 e. The van der Waals surface area contributed by atoms with E-state index in [1.165, 1.54) is 11.8 Å². The summed E-state index contributed by atoms with van der Waals surface area (Å²) in [5, 5.41) is 5.68. The van der Waals surface area contributed by atoms with Crippen molar-refractivity contribution < 1.29 is 19.1 Å². The summed E-state index contributed by atoms with van der Waals surface area (Å²) < 4.78 is 5.68. The van der Waals surface area contributed by atoms with Crippen molar-refractivity contribution in [1.29, 1.82) is 0 Å². The van der Waals surface area contributed by atoms with Crippen LogP contribution in [-0.4, -0.2) is 35.4 Å². The summed E-state index contributed by atoms with van der Waals surface area (Å²) in [5.74, 6) is 0.0498. The lowest BCUT2D eigenvalue weighted by molar-refractivity contribution is -0.126. The third kappa shape index (κ3) is 5.87. The van der Waals surface area contributed by atoms with Crippen LogP contribution in [0.5, 0.6) is 0 Å². The summed E-state index contributed by atoms with van der Waals surface area (Å²) in [6, 6.07) is 14.1. The SMILES string of the molecule is CC(=O)Nc1ccc([C@H]2OC(=O)N(Cc3ccc(C)cc3)[C@H]2C(=O)NCCC(C)C)cc1. The number of amides is 3. The summed E-state index contributed by atoms with van der Waals surface area (Å²) in [7, 11) is 0. The van der Waals surface area contributed by atoms with Crippen LogP contribution in [0.2, 0.25) is 0 Å². The Kier molecular flexibility index (Phi) is 7.51. The fourth-order valence-corrected chi connectivity index (χ4v) is 3.65. The molecule has 0 radical (unpaired) electrons. The van der Waals surface area contributed by atoms with Crippen LogP contribution in [0.15, 0.2) is 48.5 Å². The van der Waals surface area contributed by atoms with Gasteiger partial charge in [0.1, 0.15) is 0 Å². The molecule has 2 atom stereocenters. The molecule has 7 heteroatoms. The van der Waals surface area contributed by atoms with Crippen LogP contribution in [0.3, 0.4) is 0 Å². The Balaban J connectivity index is 1.85. The molecule has 1 heterocycles. The Morgan fingerprint density at radius 3 is 2.31 bits per heavy atom. The van der Waals surface area contributed by atoms with E-state index in [-0.39, 0.29) is 18.4 Å². The van der Waals surface area contributed by atoms with Crippen LogP contribution in [0.4, 0.5) is 10.5 Å². The second-order valence-electron chi connectivity index (χ2n) is 8.64. The molecule has 2 aromatic carbocycles. The Bertz CT molecular complexity index is 954. The van der Waals surface area contributed by atoms with E-state index in [1.54, 1.807) is 24.3 Å². The Hall–Kier alpha value is -3.35. The van der Waals surface area contributed by atoms with Gasteiger partial charge in [0.05, 0.1) is 6.54 Å². The van der Waals surface area contributed by atoms with Crippen LogP contribution in [0.25, 0.3) is 0 Å². The van der Waals surface area contributed by atoms with Crippen molar-refractivity contribution in [2.45, 2.75) is 52.8 Å². The maximum absolute atomic E-state index is 13.2. The summed E-state index contributed by atoms with van der Waals surface area (Å²) in [5.41, 5.74) is 3.38. The fraction of sp³-hybridized carbons (Fsp3) is 0.400. The van der Waals surface area contributed by atoms with Gasteiger partial charge < -0.3 is 15.4 Å². The molecule has 0 bridgehead atoms. The summed E-state index contributed by atoms with van der Waals surface area (Å²) in [6.07, 6.45) is -0.412. The molecule has 0 aliphatic carbocycles. The van der Waals surface area contributed by atoms with E-state index in [0.29, 0.717) is 23.7 Å². The molecule has 2 N–H and O–H groups in total.